The lowest BCUT2D eigenvalue weighted by Gasteiger charge is -2.22. The molecule has 0 atom stereocenters. The maximum Gasteiger partial charge on any atom is 0.247 e. The molecule has 1 saturated carbocycles. The fraction of sp³-hybridized carbons (Fsp3) is 0.407. The van der Waals surface area contributed by atoms with Crippen molar-refractivity contribution in [3.8, 4) is 17.2 Å². The van der Waals surface area contributed by atoms with Crippen LogP contribution in [0.2, 0.25) is 0 Å². The highest BCUT2D eigenvalue weighted by Crippen LogP contribution is 2.33. The van der Waals surface area contributed by atoms with E-state index in [1.165, 1.54) is 49.0 Å². The minimum atomic E-state index is -0.305. The van der Waals surface area contributed by atoms with Crippen LogP contribution in [0, 0.1) is 0 Å². The van der Waals surface area contributed by atoms with E-state index in [2.05, 4.69) is 32.9 Å². The van der Waals surface area contributed by atoms with Gasteiger partial charge in [-0.25, -0.2) is 5.43 Å². The van der Waals surface area contributed by atoms with E-state index in [4.69, 9.17) is 19.9 Å². The number of ether oxygens (including phenoxy) is 3. The zero-order valence-electron chi connectivity index (χ0n) is 21.0. The molecule has 0 unspecified atom stereocenters. The largest absolute Gasteiger partial charge is 0.490 e. The molecule has 0 saturated heterocycles. The van der Waals surface area contributed by atoms with Gasteiger partial charge in [-0.2, -0.15) is 5.10 Å². The van der Waals surface area contributed by atoms with Crippen LogP contribution in [0.15, 0.2) is 47.6 Å². The van der Waals surface area contributed by atoms with Gasteiger partial charge in [-0.3, -0.25) is 4.79 Å². The minimum absolute atomic E-state index is 0.0654. The number of nitrogens with one attached hydrogen (secondary N) is 1. The molecule has 196 valence electrons. The summed E-state index contributed by atoms with van der Waals surface area (Å²) in [6, 6.07) is 13.9. The van der Waals surface area contributed by atoms with Crippen molar-refractivity contribution in [2.75, 3.05) is 25.6 Å². The summed E-state index contributed by atoms with van der Waals surface area (Å²) in [7, 11) is 0. The summed E-state index contributed by atoms with van der Waals surface area (Å²) in [5.41, 5.74) is 10.2. The van der Waals surface area contributed by atoms with E-state index in [-0.39, 0.29) is 12.3 Å². The SMILES string of the molecule is CCOc1cc(C=NNC(=O)Cc2nnc(N)s2)ccc1OCCOc1ccc(C2CCCCC2)cc1. The molecule has 2 aromatic carbocycles. The van der Waals surface area contributed by atoms with Gasteiger partial charge in [0, 0.05) is 0 Å². The molecule has 10 heteroatoms. The van der Waals surface area contributed by atoms with Gasteiger partial charge in [0.1, 0.15) is 24.0 Å². The monoisotopic (exact) mass is 523 g/mol. The van der Waals surface area contributed by atoms with Crippen LogP contribution in [0.5, 0.6) is 17.2 Å². The van der Waals surface area contributed by atoms with Gasteiger partial charge in [0.2, 0.25) is 11.0 Å². The first-order valence-electron chi connectivity index (χ1n) is 12.6. The third kappa shape index (κ3) is 8.18. The van der Waals surface area contributed by atoms with Crippen molar-refractivity contribution in [1.29, 1.82) is 0 Å². The predicted octanol–water partition coefficient (Wildman–Crippen LogP) is 4.72. The molecule has 9 nitrogen and oxygen atoms in total. The molecule has 37 heavy (non-hydrogen) atoms. The van der Waals surface area contributed by atoms with Crippen molar-refractivity contribution in [2.45, 2.75) is 51.4 Å². The van der Waals surface area contributed by atoms with Gasteiger partial charge in [-0.05, 0) is 67.1 Å². The van der Waals surface area contributed by atoms with Gasteiger partial charge < -0.3 is 19.9 Å². The Morgan fingerprint density at radius 2 is 1.84 bits per heavy atom. The average Bonchev–Trinajstić information content (AvgIpc) is 3.32. The summed E-state index contributed by atoms with van der Waals surface area (Å²) in [6.07, 6.45) is 8.20. The number of anilines is 1. The van der Waals surface area contributed by atoms with E-state index >= 15 is 0 Å². The first-order valence-corrected chi connectivity index (χ1v) is 13.4. The molecule has 1 fully saturated rings. The van der Waals surface area contributed by atoms with Crippen LogP contribution in [-0.4, -0.2) is 42.1 Å². The van der Waals surface area contributed by atoms with Gasteiger partial charge in [0.15, 0.2) is 11.5 Å². The maximum absolute atomic E-state index is 12.0. The Balaban J connectivity index is 1.24. The quantitative estimate of drug-likeness (QED) is 0.200. The van der Waals surface area contributed by atoms with Crippen molar-refractivity contribution in [3.05, 3.63) is 58.6 Å². The molecule has 3 aromatic rings. The number of nitrogens with zero attached hydrogens (tertiary/aromatic N) is 3. The van der Waals surface area contributed by atoms with Gasteiger partial charge in [0.25, 0.3) is 0 Å². The number of rotatable bonds is 12. The third-order valence-electron chi connectivity index (χ3n) is 6.03. The molecule has 1 heterocycles. The minimum Gasteiger partial charge on any atom is -0.490 e. The van der Waals surface area contributed by atoms with Crippen molar-refractivity contribution in [1.82, 2.24) is 15.6 Å². The third-order valence-corrected chi connectivity index (χ3v) is 6.78. The Morgan fingerprint density at radius 3 is 2.57 bits per heavy atom. The molecular weight excluding hydrogens is 490 g/mol. The molecule has 0 bridgehead atoms. The lowest BCUT2D eigenvalue weighted by Crippen LogP contribution is -2.19. The van der Waals surface area contributed by atoms with Crippen molar-refractivity contribution in [3.63, 3.8) is 0 Å². The Bertz CT molecular complexity index is 1180. The summed E-state index contributed by atoms with van der Waals surface area (Å²) in [4.78, 5) is 12.0. The number of carbonyl (C=O) groups excluding carboxylic acids is 1. The average molecular weight is 524 g/mol. The molecule has 1 aliphatic carbocycles. The highest BCUT2D eigenvalue weighted by molar-refractivity contribution is 7.15. The molecule has 0 aliphatic heterocycles. The van der Waals surface area contributed by atoms with E-state index in [9.17, 15) is 4.79 Å². The lowest BCUT2D eigenvalue weighted by molar-refractivity contribution is -0.120. The molecule has 3 N–H and O–H groups in total. The number of hydrogen-bond acceptors (Lipinski definition) is 9. The zero-order chi connectivity index (χ0) is 25.9. The Hall–Kier alpha value is -3.66. The second-order valence-corrected chi connectivity index (χ2v) is 9.84. The van der Waals surface area contributed by atoms with Crippen molar-refractivity contribution < 1.29 is 19.0 Å². The number of carbonyl (C=O) groups is 1. The zero-order valence-corrected chi connectivity index (χ0v) is 21.8. The second kappa shape index (κ2) is 13.6. The van der Waals surface area contributed by atoms with Crippen LogP contribution in [0.3, 0.4) is 0 Å². The van der Waals surface area contributed by atoms with Crippen LogP contribution in [-0.2, 0) is 11.2 Å². The molecule has 1 amide bonds. The first-order chi connectivity index (χ1) is 18.1. The summed E-state index contributed by atoms with van der Waals surface area (Å²) >= 11 is 1.17. The number of benzene rings is 2. The normalized spacial score (nSPS) is 14.0. The second-order valence-electron chi connectivity index (χ2n) is 8.74. The Morgan fingerprint density at radius 1 is 1.05 bits per heavy atom. The lowest BCUT2D eigenvalue weighted by atomic mass is 9.84. The fourth-order valence-corrected chi connectivity index (χ4v) is 4.88. The summed E-state index contributed by atoms with van der Waals surface area (Å²) in [5, 5.41) is 12.4. The number of hydrogen-bond donors (Lipinski definition) is 2. The Kier molecular flexibility index (Phi) is 9.70. The van der Waals surface area contributed by atoms with E-state index in [1.54, 1.807) is 6.21 Å². The van der Waals surface area contributed by atoms with Crippen LogP contribution >= 0.6 is 11.3 Å². The predicted molar refractivity (Wildman–Crippen MR) is 145 cm³/mol. The van der Waals surface area contributed by atoms with Crippen molar-refractivity contribution >= 4 is 28.6 Å². The van der Waals surface area contributed by atoms with E-state index in [0.717, 1.165) is 11.3 Å². The number of hydrazone groups is 1. The van der Waals surface area contributed by atoms with Crippen LogP contribution in [0.25, 0.3) is 0 Å². The molecule has 0 spiro atoms. The van der Waals surface area contributed by atoms with E-state index in [1.807, 2.05) is 37.3 Å². The molecule has 0 radical (unpaired) electrons. The number of nitrogens with two attached hydrogens (primary N) is 1. The number of aromatic nitrogens is 2. The van der Waals surface area contributed by atoms with Crippen molar-refractivity contribution in [2.24, 2.45) is 5.10 Å². The van der Waals surface area contributed by atoms with Crippen LogP contribution in [0.4, 0.5) is 5.13 Å². The molecule has 1 aromatic heterocycles. The van der Waals surface area contributed by atoms with E-state index in [0.29, 0.717) is 47.4 Å². The smallest absolute Gasteiger partial charge is 0.247 e. The molecule has 4 rings (SSSR count). The standard InChI is InChI=1S/C27H33N5O4S/c1-2-34-24-16-19(18-29-30-25(33)17-26-31-32-27(28)37-26)8-13-23(24)36-15-14-35-22-11-9-21(10-12-22)20-6-4-3-5-7-20/h8-13,16,18,20H,2-7,14-15,17H2,1H3,(H2,28,32)(H,30,33). The number of nitrogen functional groups attached to an aromatic ring is 1. The van der Waals surface area contributed by atoms with Gasteiger partial charge in [-0.15, -0.1) is 10.2 Å². The number of amides is 1. The maximum atomic E-state index is 12.0. The van der Waals surface area contributed by atoms with Gasteiger partial charge >= 0.3 is 0 Å². The van der Waals surface area contributed by atoms with Crippen LogP contribution < -0.4 is 25.4 Å². The Labute approximate surface area is 221 Å². The van der Waals surface area contributed by atoms with Crippen LogP contribution in [0.1, 0.15) is 61.1 Å². The summed E-state index contributed by atoms with van der Waals surface area (Å²) in [5.74, 6) is 2.44. The fourth-order valence-electron chi connectivity index (χ4n) is 4.27. The first kappa shape index (κ1) is 26.4. The van der Waals surface area contributed by atoms with E-state index < -0.39 is 0 Å². The van der Waals surface area contributed by atoms with Gasteiger partial charge in [-0.1, -0.05) is 42.7 Å². The van der Waals surface area contributed by atoms with Gasteiger partial charge in [0.05, 0.1) is 19.2 Å². The highest BCUT2D eigenvalue weighted by Gasteiger charge is 2.15. The summed E-state index contributed by atoms with van der Waals surface area (Å²) < 4.78 is 17.5. The molecular formula is C27H33N5O4S. The topological polar surface area (TPSA) is 121 Å². The highest BCUT2D eigenvalue weighted by atomic mass is 32.1. The summed E-state index contributed by atoms with van der Waals surface area (Å²) in [6.45, 7) is 3.20. The molecule has 1 aliphatic rings.